The molecule has 0 unspecified atom stereocenters. The summed E-state index contributed by atoms with van der Waals surface area (Å²) in [6.07, 6.45) is 2.17. The predicted octanol–water partition coefficient (Wildman–Crippen LogP) is 2.72. The van der Waals surface area contributed by atoms with Gasteiger partial charge >= 0.3 is 0 Å². The van der Waals surface area contributed by atoms with Gasteiger partial charge in [0, 0.05) is 11.1 Å². The zero-order chi connectivity index (χ0) is 16.2. The third-order valence-corrected chi connectivity index (χ3v) is 4.56. The van der Waals surface area contributed by atoms with Crippen LogP contribution < -0.4 is 10.1 Å². The standard InChI is InChI=1S/C15H17ClN4O2S/c1-9-6-11(4-5-12(9)16)22-7-13-18-15(20-19-13)23-8-14(21)17-10-2-3-10/h4-6,10H,2-3,7-8H2,1H3,(H,17,21)(H,18,19,20). The van der Waals surface area contributed by atoms with Crippen molar-refractivity contribution in [1.82, 2.24) is 20.5 Å². The third-order valence-electron chi connectivity index (χ3n) is 3.29. The second kappa shape index (κ2) is 7.23. The van der Waals surface area contributed by atoms with Crippen molar-refractivity contribution in [2.24, 2.45) is 0 Å². The summed E-state index contributed by atoms with van der Waals surface area (Å²) in [6, 6.07) is 5.86. The highest BCUT2D eigenvalue weighted by Gasteiger charge is 2.23. The average molecular weight is 353 g/mol. The number of hydrogen-bond donors (Lipinski definition) is 2. The highest BCUT2D eigenvalue weighted by molar-refractivity contribution is 7.99. The number of H-pyrrole nitrogens is 1. The summed E-state index contributed by atoms with van der Waals surface area (Å²) >= 11 is 7.28. The van der Waals surface area contributed by atoms with E-state index in [0.717, 1.165) is 24.2 Å². The van der Waals surface area contributed by atoms with Crippen molar-refractivity contribution in [2.75, 3.05) is 5.75 Å². The first-order valence-corrected chi connectivity index (χ1v) is 8.69. The summed E-state index contributed by atoms with van der Waals surface area (Å²) in [6.45, 7) is 2.20. The Morgan fingerprint density at radius 3 is 3.09 bits per heavy atom. The Morgan fingerprint density at radius 2 is 2.35 bits per heavy atom. The molecule has 0 spiro atoms. The molecule has 0 atom stereocenters. The first-order valence-electron chi connectivity index (χ1n) is 7.32. The van der Waals surface area contributed by atoms with Crippen molar-refractivity contribution in [1.29, 1.82) is 0 Å². The van der Waals surface area contributed by atoms with Gasteiger partial charge in [-0.05, 0) is 43.5 Å². The number of aryl methyl sites for hydroxylation is 1. The van der Waals surface area contributed by atoms with Crippen molar-refractivity contribution in [3.63, 3.8) is 0 Å². The van der Waals surface area contributed by atoms with Crippen LogP contribution in [0.25, 0.3) is 0 Å². The zero-order valence-electron chi connectivity index (χ0n) is 12.6. The van der Waals surface area contributed by atoms with Crippen molar-refractivity contribution in [3.05, 3.63) is 34.6 Å². The number of nitrogens with one attached hydrogen (secondary N) is 2. The summed E-state index contributed by atoms with van der Waals surface area (Å²) in [5.41, 5.74) is 0.958. The van der Waals surface area contributed by atoms with Gasteiger partial charge in [-0.2, -0.15) is 0 Å². The van der Waals surface area contributed by atoms with E-state index in [-0.39, 0.29) is 12.5 Å². The van der Waals surface area contributed by atoms with Crippen LogP contribution >= 0.6 is 23.4 Å². The van der Waals surface area contributed by atoms with E-state index in [1.54, 1.807) is 6.07 Å². The number of amides is 1. The Bertz CT molecular complexity index is 703. The molecule has 0 saturated heterocycles. The monoisotopic (exact) mass is 352 g/mol. The van der Waals surface area contributed by atoms with E-state index in [0.29, 0.717) is 27.8 Å². The van der Waals surface area contributed by atoms with E-state index >= 15 is 0 Å². The van der Waals surface area contributed by atoms with Gasteiger partial charge in [0.1, 0.15) is 12.4 Å². The molecule has 1 aliphatic carbocycles. The Balaban J connectivity index is 1.46. The Morgan fingerprint density at radius 1 is 1.52 bits per heavy atom. The first-order chi connectivity index (χ1) is 11.1. The van der Waals surface area contributed by atoms with E-state index in [1.165, 1.54) is 11.8 Å². The lowest BCUT2D eigenvalue weighted by molar-refractivity contribution is -0.118. The lowest BCUT2D eigenvalue weighted by Crippen LogP contribution is -2.27. The quantitative estimate of drug-likeness (QED) is 0.749. The maximum Gasteiger partial charge on any atom is 0.230 e. The third kappa shape index (κ3) is 4.87. The topological polar surface area (TPSA) is 79.9 Å². The minimum atomic E-state index is 0.0248. The average Bonchev–Trinajstić information content (AvgIpc) is 3.22. The summed E-state index contributed by atoms with van der Waals surface area (Å²) in [5, 5.41) is 11.1. The molecule has 1 fully saturated rings. The van der Waals surface area contributed by atoms with Gasteiger partial charge in [0.05, 0.1) is 5.75 Å². The molecule has 1 aromatic carbocycles. The second-order valence-corrected chi connectivity index (χ2v) is 6.74. The van der Waals surface area contributed by atoms with Crippen LogP contribution in [0.2, 0.25) is 5.02 Å². The fourth-order valence-electron chi connectivity index (χ4n) is 1.89. The van der Waals surface area contributed by atoms with Crippen LogP contribution in [0.5, 0.6) is 5.75 Å². The lowest BCUT2D eigenvalue weighted by Gasteiger charge is -2.05. The molecule has 3 rings (SSSR count). The molecule has 0 radical (unpaired) electrons. The van der Waals surface area contributed by atoms with Crippen LogP contribution in [0.15, 0.2) is 23.4 Å². The lowest BCUT2D eigenvalue weighted by atomic mass is 10.2. The van der Waals surface area contributed by atoms with Gasteiger partial charge in [-0.1, -0.05) is 23.4 Å². The minimum absolute atomic E-state index is 0.0248. The maximum absolute atomic E-state index is 11.6. The van der Waals surface area contributed by atoms with E-state index in [4.69, 9.17) is 16.3 Å². The van der Waals surface area contributed by atoms with E-state index in [9.17, 15) is 4.79 Å². The summed E-state index contributed by atoms with van der Waals surface area (Å²) in [5.74, 6) is 1.69. The number of carbonyl (C=O) groups is 1. The minimum Gasteiger partial charge on any atom is -0.486 e. The van der Waals surface area contributed by atoms with Gasteiger partial charge in [0.25, 0.3) is 0 Å². The molecule has 8 heteroatoms. The zero-order valence-corrected chi connectivity index (χ0v) is 14.2. The summed E-state index contributed by atoms with van der Waals surface area (Å²) < 4.78 is 5.65. The van der Waals surface area contributed by atoms with Gasteiger partial charge in [0.15, 0.2) is 5.82 Å². The van der Waals surface area contributed by atoms with Gasteiger partial charge in [0.2, 0.25) is 11.1 Å². The molecule has 1 heterocycles. The van der Waals surface area contributed by atoms with Crippen LogP contribution in [0.3, 0.4) is 0 Å². The molecule has 1 aromatic heterocycles. The van der Waals surface area contributed by atoms with Crippen molar-refractivity contribution in [2.45, 2.75) is 37.6 Å². The molecular weight excluding hydrogens is 336 g/mol. The smallest absolute Gasteiger partial charge is 0.230 e. The fourth-order valence-corrected chi connectivity index (χ4v) is 2.64. The Hall–Kier alpha value is -1.73. The molecule has 2 N–H and O–H groups in total. The number of hydrogen-bond acceptors (Lipinski definition) is 5. The van der Waals surface area contributed by atoms with E-state index < -0.39 is 0 Å². The molecular formula is C15H17ClN4O2S. The van der Waals surface area contributed by atoms with Crippen molar-refractivity contribution < 1.29 is 9.53 Å². The van der Waals surface area contributed by atoms with Crippen LogP contribution in [0.4, 0.5) is 0 Å². The number of thioether (sulfide) groups is 1. The second-order valence-electron chi connectivity index (χ2n) is 5.39. The van der Waals surface area contributed by atoms with Crippen LogP contribution in [0.1, 0.15) is 24.2 Å². The number of nitrogens with zero attached hydrogens (tertiary/aromatic N) is 2. The largest absolute Gasteiger partial charge is 0.486 e. The Labute approximate surface area is 143 Å². The molecule has 2 aromatic rings. The number of aromatic amines is 1. The number of halogens is 1. The van der Waals surface area contributed by atoms with Gasteiger partial charge < -0.3 is 10.1 Å². The summed E-state index contributed by atoms with van der Waals surface area (Å²) in [7, 11) is 0. The van der Waals surface area contributed by atoms with Crippen molar-refractivity contribution in [3.8, 4) is 5.75 Å². The number of benzene rings is 1. The van der Waals surface area contributed by atoms with Crippen molar-refractivity contribution >= 4 is 29.3 Å². The van der Waals surface area contributed by atoms with Gasteiger partial charge in [-0.3, -0.25) is 9.89 Å². The molecule has 1 aliphatic rings. The SMILES string of the molecule is Cc1cc(OCc2nc(SCC(=O)NC3CC3)n[nH]2)ccc1Cl. The van der Waals surface area contributed by atoms with E-state index in [2.05, 4.69) is 20.5 Å². The van der Waals surface area contributed by atoms with E-state index in [1.807, 2.05) is 19.1 Å². The Kier molecular flexibility index (Phi) is 5.07. The van der Waals surface area contributed by atoms with Crippen LogP contribution in [-0.2, 0) is 11.4 Å². The van der Waals surface area contributed by atoms with Gasteiger partial charge in [-0.15, -0.1) is 5.10 Å². The molecule has 1 amide bonds. The number of rotatable bonds is 7. The first kappa shape index (κ1) is 16.1. The fraction of sp³-hybridized carbons (Fsp3) is 0.400. The number of carbonyl (C=O) groups excluding carboxylic acids is 1. The highest BCUT2D eigenvalue weighted by atomic mass is 35.5. The molecule has 6 nitrogen and oxygen atoms in total. The number of ether oxygens (including phenoxy) is 1. The molecule has 23 heavy (non-hydrogen) atoms. The van der Waals surface area contributed by atoms with Crippen LogP contribution in [0, 0.1) is 6.92 Å². The predicted molar refractivity (Wildman–Crippen MR) is 88.8 cm³/mol. The molecule has 0 aliphatic heterocycles. The number of aromatic nitrogens is 3. The molecule has 0 bridgehead atoms. The molecule has 122 valence electrons. The van der Waals surface area contributed by atoms with Gasteiger partial charge in [-0.25, -0.2) is 4.98 Å². The maximum atomic E-state index is 11.6. The summed E-state index contributed by atoms with van der Waals surface area (Å²) in [4.78, 5) is 15.9. The normalized spacial score (nSPS) is 13.8. The molecule has 1 saturated carbocycles. The van der Waals surface area contributed by atoms with Crippen LogP contribution in [-0.4, -0.2) is 32.9 Å². The highest BCUT2D eigenvalue weighted by Crippen LogP contribution is 2.22.